The van der Waals surface area contributed by atoms with Crippen molar-refractivity contribution in [2.24, 2.45) is 5.41 Å². The molecule has 2 aromatic carbocycles. The van der Waals surface area contributed by atoms with Crippen molar-refractivity contribution in [1.29, 1.82) is 0 Å². The van der Waals surface area contributed by atoms with Crippen molar-refractivity contribution in [2.45, 2.75) is 25.7 Å². The zero-order valence-electron chi connectivity index (χ0n) is 16.8. The summed E-state index contributed by atoms with van der Waals surface area (Å²) >= 11 is 0. The van der Waals surface area contributed by atoms with Gasteiger partial charge >= 0.3 is 5.97 Å². The van der Waals surface area contributed by atoms with Crippen molar-refractivity contribution >= 4 is 17.8 Å². The Morgan fingerprint density at radius 3 is 2.00 bits per heavy atom. The minimum absolute atomic E-state index is 0.0415. The maximum absolute atomic E-state index is 13.0. The molecule has 6 nitrogen and oxygen atoms in total. The monoisotopic (exact) mass is 394 g/mol. The van der Waals surface area contributed by atoms with Crippen LogP contribution < -0.4 is 5.32 Å². The lowest BCUT2D eigenvalue weighted by atomic mass is 9.84. The van der Waals surface area contributed by atoms with E-state index in [1.54, 1.807) is 61.5 Å². The number of nitrogens with zero attached hydrogens (tertiary/aromatic N) is 1. The summed E-state index contributed by atoms with van der Waals surface area (Å²) in [4.78, 5) is 39.0. The Balaban J connectivity index is 1.88. The van der Waals surface area contributed by atoms with Gasteiger partial charge in [0.2, 0.25) is 5.91 Å². The normalized spacial score (nSPS) is 15.0. The minimum Gasteiger partial charge on any atom is -0.478 e. The highest BCUT2D eigenvalue weighted by molar-refractivity contribution is 6.04. The average Bonchev–Trinajstić information content (AvgIpc) is 3.21. The summed E-state index contributed by atoms with van der Waals surface area (Å²) in [6.07, 6.45) is 3.46. The number of carbonyl (C=O) groups is 3. The zero-order chi connectivity index (χ0) is 21.0. The van der Waals surface area contributed by atoms with Crippen LogP contribution in [0.3, 0.4) is 0 Å². The number of carboxylic acids is 1. The molecule has 0 saturated heterocycles. The maximum atomic E-state index is 13.0. The van der Waals surface area contributed by atoms with Crippen molar-refractivity contribution in [1.82, 2.24) is 10.2 Å². The van der Waals surface area contributed by atoms with Crippen LogP contribution in [0.15, 0.2) is 48.5 Å². The number of aromatic carboxylic acids is 1. The topological polar surface area (TPSA) is 86.7 Å². The van der Waals surface area contributed by atoms with E-state index in [4.69, 9.17) is 0 Å². The fraction of sp³-hybridized carbons (Fsp3) is 0.348. The molecule has 1 aliphatic rings. The highest BCUT2D eigenvalue weighted by Crippen LogP contribution is 2.39. The van der Waals surface area contributed by atoms with Crippen LogP contribution in [0.5, 0.6) is 0 Å². The Hall–Kier alpha value is -3.15. The third-order valence-corrected chi connectivity index (χ3v) is 5.63. The number of amides is 2. The lowest BCUT2D eigenvalue weighted by Crippen LogP contribution is -2.46. The number of hydrogen-bond donors (Lipinski definition) is 2. The summed E-state index contributed by atoms with van der Waals surface area (Å²) in [6, 6.07) is 13.6. The van der Waals surface area contributed by atoms with Gasteiger partial charge in [-0.05, 0) is 36.1 Å². The molecular weight excluding hydrogens is 368 g/mol. The maximum Gasteiger partial charge on any atom is 0.336 e. The molecule has 29 heavy (non-hydrogen) atoms. The van der Waals surface area contributed by atoms with Gasteiger partial charge in [0.05, 0.1) is 11.0 Å². The third kappa shape index (κ3) is 4.16. The molecule has 0 aromatic heterocycles. The first-order valence-corrected chi connectivity index (χ1v) is 9.77. The molecule has 0 unspecified atom stereocenters. The Morgan fingerprint density at radius 2 is 1.45 bits per heavy atom. The van der Waals surface area contributed by atoms with E-state index in [0.717, 1.165) is 25.7 Å². The molecule has 2 amide bonds. The van der Waals surface area contributed by atoms with Crippen molar-refractivity contribution in [2.75, 3.05) is 20.6 Å². The van der Waals surface area contributed by atoms with Crippen LogP contribution in [0.1, 0.15) is 46.4 Å². The predicted octanol–water partition coefficient (Wildman–Crippen LogP) is 3.43. The molecule has 2 N–H and O–H groups in total. The molecule has 2 aromatic rings. The fourth-order valence-electron chi connectivity index (χ4n) is 4.16. The second kappa shape index (κ2) is 8.47. The van der Waals surface area contributed by atoms with Crippen LogP contribution in [0.4, 0.5) is 0 Å². The van der Waals surface area contributed by atoms with Crippen LogP contribution in [0.25, 0.3) is 11.1 Å². The second-order valence-corrected chi connectivity index (χ2v) is 7.77. The van der Waals surface area contributed by atoms with E-state index >= 15 is 0 Å². The fourth-order valence-corrected chi connectivity index (χ4v) is 4.16. The Labute approximate surface area is 170 Å². The molecular formula is C23H26N2O4. The van der Waals surface area contributed by atoms with Gasteiger partial charge in [0.25, 0.3) is 5.91 Å². The van der Waals surface area contributed by atoms with Gasteiger partial charge in [0.1, 0.15) is 0 Å². The molecule has 6 heteroatoms. The molecule has 0 heterocycles. The SMILES string of the molecule is CN(C)C(=O)C1(CNC(=O)c2ccccc2-c2ccccc2C(=O)O)CCCC1. The van der Waals surface area contributed by atoms with Gasteiger partial charge < -0.3 is 15.3 Å². The number of benzene rings is 2. The average molecular weight is 394 g/mol. The Morgan fingerprint density at radius 1 is 0.931 bits per heavy atom. The highest BCUT2D eigenvalue weighted by atomic mass is 16.4. The predicted molar refractivity (Wildman–Crippen MR) is 111 cm³/mol. The second-order valence-electron chi connectivity index (χ2n) is 7.77. The van der Waals surface area contributed by atoms with Crippen molar-refractivity contribution in [3.8, 4) is 11.1 Å². The van der Waals surface area contributed by atoms with E-state index in [-0.39, 0.29) is 23.9 Å². The van der Waals surface area contributed by atoms with E-state index in [0.29, 0.717) is 16.7 Å². The molecule has 1 aliphatic carbocycles. The van der Waals surface area contributed by atoms with Crippen LogP contribution in [-0.4, -0.2) is 48.4 Å². The van der Waals surface area contributed by atoms with Crippen LogP contribution >= 0.6 is 0 Å². The highest BCUT2D eigenvalue weighted by Gasteiger charge is 2.42. The summed E-state index contributed by atoms with van der Waals surface area (Å²) in [5.74, 6) is -1.31. The number of nitrogens with one attached hydrogen (secondary N) is 1. The molecule has 0 radical (unpaired) electrons. The van der Waals surface area contributed by atoms with Gasteiger partial charge in [-0.2, -0.15) is 0 Å². The molecule has 0 spiro atoms. The molecule has 3 rings (SSSR count). The zero-order valence-corrected chi connectivity index (χ0v) is 16.8. The summed E-state index contributed by atoms with van der Waals surface area (Å²) in [6.45, 7) is 0.276. The number of rotatable bonds is 6. The largest absolute Gasteiger partial charge is 0.478 e. The summed E-state index contributed by atoms with van der Waals surface area (Å²) in [7, 11) is 3.48. The summed E-state index contributed by atoms with van der Waals surface area (Å²) in [5, 5.41) is 12.5. The van der Waals surface area contributed by atoms with Gasteiger partial charge in [-0.1, -0.05) is 49.2 Å². The molecule has 0 aliphatic heterocycles. The Kier molecular flexibility index (Phi) is 6.01. The molecule has 1 saturated carbocycles. The number of carbonyl (C=O) groups excluding carboxylic acids is 2. The first-order chi connectivity index (χ1) is 13.9. The van der Waals surface area contributed by atoms with Crippen molar-refractivity contribution in [3.63, 3.8) is 0 Å². The van der Waals surface area contributed by atoms with Crippen LogP contribution in [-0.2, 0) is 4.79 Å². The Bertz CT molecular complexity index is 930. The summed E-state index contributed by atoms with van der Waals surface area (Å²) in [5.41, 5.74) is 1.02. The first-order valence-electron chi connectivity index (χ1n) is 9.77. The number of hydrogen-bond acceptors (Lipinski definition) is 3. The third-order valence-electron chi connectivity index (χ3n) is 5.63. The number of carboxylic acid groups (broad SMARTS) is 1. The van der Waals surface area contributed by atoms with Gasteiger partial charge in [-0.15, -0.1) is 0 Å². The van der Waals surface area contributed by atoms with Gasteiger partial charge in [-0.25, -0.2) is 4.79 Å². The standard InChI is InChI=1S/C23H26N2O4/c1-25(2)22(29)23(13-7-8-14-23)15-24-20(26)18-11-5-3-9-16(18)17-10-4-6-12-19(17)21(27)28/h3-6,9-12H,7-8,13-15H2,1-2H3,(H,24,26)(H,27,28). The van der Waals surface area contributed by atoms with Crippen LogP contribution in [0.2, 0.25) is 0 Å². The van der Waals surface area contributed by atoms with Crippen molar-refractivity contribution in [3.05, 3.63) is 59.7 Å². The van der Waals surface area contributed by atoms with Gasteiger partial charge in [-0.3, -0.25) is 9.59 Å². The van der Waals surface area contributed by atoms with E-state index < -0.39 is 11.4 Å². The van der Waals surface area contributed by atoms with Crippen LogP contribution in [0, 0.1) is 5.41 Å². The van der Waals surface area contributed by atoms with E-state index in [2.05, 4.69) is 5.32 Å². The summed E-state index contributed by atoms with van der Waals surface area (Å²) < 4.78 is 0. The van der Waals surface area contributed by atoms with E-state index in [1.807, 2.05) is 0 Å². The molecule has 152 valence electrons. The molecule has 1 fully saturated rings. The molecule has 0 atom stereocenters. The minimum atomic E-state index is -1.04. The first kappa shape index (κ1) is 20.6. The van der Waals surface area contributed by atoms with Crippen molar-refractivity contribution < 1.29 is 19.5 Å². The quantitative estimate of drug-likeness (QED) is 0.786. The van der Waals surface area contributed by atoms with Gasteiger partial charge in [0, 0.05) is 26.2 Å². The van der Waals surface area contributed by atoms with E-state index in [9.17, 15) is 19.5 Å². The molecule has 0 bridgehead atoms. The lowest BCUT2D eigenvalue weighted by Gasteiger charge is -2.31. The smallest absolute Gasteiger partial charge is 0.336 e. The lowest BCUT2D eigenvalue weighted by molar-refractivity contribution is -0.138. The van der Waals surface area contributed by atoms with Gasteiger partial charge in [0.15, 0.2) is 0 Å². The van der Waals surface area contributed by atoms with E-state index in [1.165, 1.54) is 6.07 Å².